The van der Waals surface area contributed by atoms with Crippen molar-refractivity contribution in [1.29, 1.82) is 0 Å². The van der Waals surface area contributed by atoms with Crippen LogP contribution in [0, 0.1) is 0 Å². The van der Waals surface area contributed by atoms with Gasteiger partial charge in [-0.2, -0.15) is 0 Å². The Bertz CT molecular complexity index is 467. The van der Waals surface area contributed by atoms with Crippen molar-refractivity contribution >= 4 is 14.3 Å². The number of aliphatic carboxylic acids is 1. The summed E-state index contributed by atoms with van der Waals surface area (Å²) in [5.41, 5.74) is 0. The maximum Gasteiger partial charge on any atom is 0.306 e. The molecule has 1 rings (SSSR count). The molecule has 0 aromatic rings. The molecule has 1 fully saturated rings. The zero-order valence-electron chi connectivity index (χ0n) is 17.3. The molecule has 0 saturated carbocycles. The summed E-state index contributed by atoms with van der Waals surface area (Å²) in [5, 5.41) is 18.6. The average molecular weight is 387 g/mol. The van der Waals surface area contributed by atoms with Gasteiger partial charge >= 0.3 is 5.97 Å². The van der Waals surface area contributed by atoms with E-state index in [1.165, 1.54) is 0 Å². The summed E-state index contributed by atoms with van der Waals surface area (Å²) < 4.78 is 12.5. The van der Waals surface area contributed by atoms with E-state index in [-0.39, 0.29) is 29.8 Å². The second-order valence-corrected chi connectivity index (χ2v) is 13.8. The van der Waals surface area contributed by atoms with Crippen LogP contribution in [0.25, 0.3) is 0 Å². The molecular formula is C20H38O5Si. The molecule has 0 spiro atoms. The Kier molecular flexibility index (Phi) is 8.99. The minimum atomic E-state index is -1.97. The third kappa shape index (κ3) is 7.90. The third-order valence-corrected chi connectivity index (χ3v) is 9.98. The first-order valence-electron chi connectivity index (χ1n) is 9.82. The van der Waals surface area contributed by atoms with Gasteiger partial charge in [-0.05, 0) is 57.2 Å². The molecule has 26 heavy (non-hydrogen) atoms. The number of rotatable bonds is 9. The second-order valence-electron chi connectivity index (χ2n) is 9.01. The SMILES string of the molecule is C[C@H](O)CCC/C=C/[C@H]1CC[C@H](O[Si](C)(C)C(C)(C)C)[C@H](CC(=O)O)O1. The second kappa shape index (κ2) is 10.0. The number of carboxylic acid groups (broad SMARTS) is 1. The number of ether oxygens (including phenoxy) is 1. The van der Waals surface area contributed by atoms with Crippen molar-refractivity contribution in [2.45, 2.75) is 109 Å². The molecule has 1 saturated heterocycles. The first-order valence-corrected chi connectivity index (χ1v) is 12.7. The molecule has 5 nitrogen and oxygen atoms in total. The van der Waals surface area contributed by atoms with Gasteiger partial charge in [0.1, 0.15) is 0 Å². The van der Waals surface area contributed by atoms with E-state index in [9.17, 15) is 15.0 Å². The predicted octanol–water partition coefficient (Wildman–Crippen LogP) is 4.51. The van der Waals surface area contributed by atoms with E-state index in [1.807, 2.05) is 6.08 Å². The monoisotopic (exact) mass is 386 g/mol. The van der Waals surface area contributed by atoms with Gasteiger partial charge in [0.05, 0.1) is 30.8 Å². The minimum absolute atomic E-state index is 0.0222. The largest absolute Gasteiger partial charge is 0.481 e. The number of carbonyl (C=O) groups is 1. The van der Waals surface area contributed by atoms with Crippen LogP contribution in [-0.4, -0.2) is 48.9 Å². The molecule has 0 aromatic heterocycles. The van der Waals surface area contributed by atoms with E-state index < -0.39 is 20.4 Å². The van der Waals surface area contributed by atoms with Crippen molar-refractivity contribution < 1.29 is 24.2 Å². The fraction of sp³-hybridized carbons (Fsp3) is 0.850. The van der Waals surface area contributed by atoms with Crippen LogP contribution in [0.15, 0.2) is 12.2 Å². The molecule has 152 valence electrons. The van der Waals surface area contributed by atoms with Gasteiger partial charge in [0.2, 0.25) is 0 Å². The van der Waals surface area contributed by atoms with Crippen LogP contribution >= 0.6 is 0 Å². The van der Waals surface area contributed by atoms with Crippen molar-refractivity contribution in [2.24, 2.45) is 0 Å². The molecule has 2 N–H and O–H groups in total. The average Bonchev–Trinajstić information content (AvgIpc) is 2.47. The highest BCUT2D eigenvalue weighted by Crippen LogP contribution is 2.39. The lowest BCUT2D eigenvalue weighted by molar-refractivity contribution is -0.148. The number of carboxylic acids is 1. The first-order chi connectivity index (χ1) is 11.9. The van der Waals surface area contributed by atoms with Gasteiger partial charge in [0.15, 0.2) is 8.32 Å². The first kappa shape index (κ1) is 23.3. The van der Waals surface area contributed by atoms with Gasteiger partial charge in [0.25, 0.3) is 0 Å². The van der Waals surface area contributed by atoms with E-state index in [0.717, 1.165) is 32.1 Å². The Balaban J connectivity index is 2.65. The lowest BCUT2D eigenvalue weighted by Crippen LogP contribution is -2.50. The standard InChI is InChI=1S/C20H38O5Si/c1-15(21)10-8-7-9-11-16-12-13-17(18(24-16)14-19(22)23)25-26(5,6)20(2,3)4/h9,11,15-18,21H,7-8,10,12-14H2,1-6H3,(H,22,23)/b11-9+/t15-,16-,17-,18-/m0/s1. The summed E-state index contributed by atoms with van der Waals surface area (Å²) in [5.74, 6) is -0.847. The van der Waals surface area contributed by atoms with Crippen LogP contribution in [0.3, 0.4) is 0 Å². The van der Waals surface area contributed by atoms with Crippen LogP contribution in [0.1, 0.15) is 66.2 Å². The highest BCUT2D eigenvalue weighted by Gasteiger charge is 2.42. The maximum absolute atomic E-state index is 11.3. The number of allylic oxidation sites excluding steroid dienone is 1. The van der Waals surface area contributed by atoms with Crippen molar-refractivity contribution in [3.63, 3.8) is 0 Å². The highest BCUT2D eigenvalue weighted by molar-refractivity contribution is 6.74. The van der Waals surface area contributed by atoms with Gasteiger partial charge in [0, 0.05) is 0 Å². The summed E-state index contributed by atoms with van der Waals surface area (Å²) >= 11 is 0. The molecule has 1 aliphatic heterocycles. The van der Waals surface area contributed by atoms with Crippen LogP contribution in [0.4, 0.5) is 0 Å². The van der Waals surface area contributed by atoms with Gasteiger partial charge < -0.3 is 19.4 Å². The van der Waals surface area contributed by atoms with Crippen molar-refractivity contribution in [2.75, 3.05) is 0 Å². The van der Waals surface area contributed by atoms with E-state index in [2.05, 4.69) is 39.9 Å². The fourth-order valence-corrected chi connectivity index (χ4v) is 4.24. The zero-order valence-corrected chi connectivity index (χ0v) is 18.3. The summed E-state index contributed by atoms with van der Waals surface area (Å²) in [7, 11) is -1.97. The lowest BCUT2D eigenvalue weighted by Gasteiger charge is -2.43. The Hall–Kier alpha value is -0.693. The summed E-state index contributed by atoms with van der Waals surface area (Å²) in [6.45, 7) is 12.8. The molecule has 1 heterocycles. The molecule has 0 bridgehead atoms. The molecule has 6 heteroatoms. The van der Waals surface area contributed by atoms with Gasteiger partial charge in [-0.1, -0.05) is 32.9 Å². The van der Waals surface area contributed by atoms with Gasteiger partial charge in [-0.25, -0.2) is 0 Å². The maximum atomic E-state index is 11.3. The minimum Gasteiger partial charge on any atom is -0.481 e. The molecule has 0 aromatic carbocycles. The van der Waals surface area contributed by atoms with Crippen LogP contribution in [0.2, 0.25) is 18.1 Å². The Labute approximate surface area is 159 Å². The third-order valence-electron chi connectivity index (χ3n) is 5.47. The molecule has 0 radical (unpaired) electrons. The van der Waals surface area contributed by atoms with Crippen molar-refractivity contribution in [3.8, 4) is 0 Å². The molecular weight excluding hydrogens is 348 g/mol. The lowest BCUT2D eigenvalue weighted by atomic mass is 9.98. The van der Waals surface area contributed by atoms with E-state index in [4.69, 9.17) is 9.16 Å². The summed E-state index contributed by atoms with van der Waals surface area (Å²) in [4.78, 5) is 11.3. The summed E-state index contributed by atoms with van der Waals surface area (Å²) in [6.07, 6.45) is 7.55. The molecule has 0 amide bonds. The van der Waals surface area contributed by atoms with E-state index >= 15 is 0 Å². The van der Waals surface area contributed by atoms with Crippen LogP contribution < -0.4 is 0 Å². The number of unbranched alkanes of at least 4 members (excludes halogenated alkanes) is 1. The zero-order chi connectivity index (χ0) is 20.0. The molecule has 1 aliphatic rings. The smallest absolute Gasteiger partial charge is 0.306 e. The number of aliphatic hydroxyl groups is 1. The normalized spacial score (nSPS) is 26.2. The van der Waals surface area contributed by atoms with Crippen molar-refractivity contribution in [1.82, 2.24) is 0 Å². The number of hydrogen-bond acceptors (Lipinski definition) is 4. The molecule has 0 aliphatic carbocycles. The quantitative estimate of drug-likeness (QED) is 0.346. The van der Waals surface area contributed by atoms with Crippen molar-refractivity contribution in [3.05, 3.63) is 12.2 Å². The van der Waals surface area contributed by atoms with Crippen LogP contribution in [0.5, 0.6) is 0 Å². The van der Waals surface area contributed by atoms with E-state index in [1.54, 1.807) is 6.92 Å². The Morgan fingerprint density at radius 3 is 2.54 bits per heavy atom. The fourth-order valence-electron chi connectivity index (χ4n) is 2.86. The number of aliphatic hydroxyl groups excluding tert-OH is 1. The highest BCUT2D eigenvalue weighted by atomic mass is 28.4. The van der Waals surface area contributed by atoms with Crippen LogP contribution in [-0.2, 0) is 14.0 Å². The molecule has 4 atom stereocenters. The Morgan fingerprint density at radius 2 is 2.00 bits per heavy atom. The van der Waals surface area contributed by atoms with Gasteiger partial charge in [-0.3, -0.25) is 4.79 Å². The summed E-state index contributed by atoms with van der Waals surface area (Å²) in [6, 6.07) is 0. The molecule has 0 unspecified atom stereocenters. The predicted molar refractivity (Wildman–Crippen MR) is 107 cm³/mol. The Morgan fingerprint density at radius 1 is 1.35 bits per heavy atom. The van der Waals surface area contributed by atoms with Gasteiger partial charge in [-0.15, -0.1) is 0 Å². The topological polar surface area (TPSA) is 76.0 Å². The number of hydrogen-bond donors (Lipinski definition) is 2. The van der Waals surface area contributed by atoms with E-state index in [0.29, 0.717) is 0 Å².